The lowest BCUT2D eigenvalue weighted by Gasteiger charge is -2.08. The minimum Gasteiger partial charge on any atom is -0.329 e. The SMILES string of the molecule is NCC1(c2nnc3ccccn23)CC1. The van der Waals surface area contributed by atoms with Gasteiger partial charge in [0.2, 0.25) is 0 Å². The molecule has 0 saturated heterocycles. The Kier molecular flexibility index (Phi) is 1.44. The molecule has 4 nitrogen and oxygen atoms in total. The number of nitrogens with zero attached hydrogens (tertiary/aromatic N) is 3. The molecule has 0 amide bonds. The standard InChI is InChI=1S/C10H12N4/c11-7-10(4-5-10)9-13-12-8-3-1-2-6-14(8)9/h1-3,6H,4-5,7,11H2. The van der Waals surface area contributed by atoms with Crippen LogP contribution in [0.2, 0.25) is 0 Å². The molecule has 1 aliphatic rings. The van der Waals surface area contributed by atoms with E-state index < -0.39 is 0 Å². The van der Waals surface area contributed by atoms with Gasteiger partial charge < -0.3 is 5.73 Å². The van der Waals surface area contributed by atoms with E-state index in [1.54, 1.807) is 0 Å². The molecule has 0 bridgehead atoms. The smallest absolute Gasteiger partial charge is 0.160 e. The first-order valence-corrected chi connectivity index (χ1v) is 4.86. The van der Waals surface area contributed by atoms with Crippen LogP contribution in [0.4, 0.5) is 0 Å². The first-order valence-electron chi connectivity index (χ1n) is 4.86. The van der Waals surface area contributed by atoms with Crippen LogP contribution in [0.15, 0.2) is 24.4 Å². The van der Waals surface area contributed by atoms with Crippen molar-refractivity contribution in [3.8, 4) is 0 Å². The van der Waals surface area contributed by atoms with E-state index >= 15 is 0 Å². The van der Waals surface area contributed by atoms with Gasteiger partial charge in [0.05, 0.1) is 0 Å². The molecule has 0 unspecified atom stereocenters. The molecular weight excluding hydrogens is 176 g/mol. The minimum atomic E-state index is 0.112. The van der Waals surface area contributed by atoms with E-state index in [1.165, 1.54) is 0 Å². The van der Waals surface area contributed by atoms with Crippen LogP contribution in [-0.4, -0.2) is 21.1 Å². The Labute approximate surface area is 81.8 Å². The van der Waals surface area contributed by atoms with E-state index in [2.05, 4.69) is 10.2 Å². The minimum absolute atomic E-state index is 0.112. The molecule has 72 valence electrons. The van der Waals surface area contributed by atoms with Gasteiger partial charge in [0, 0.05) is 18.2 Å². The molecule has 1 saturated carbocycles. The van der Waals surface area contributed by atoms with E-state index in [4.69, 9.17) is 5.73 Å². The topological polar surface area (TPSA) is 56.2 Å². The van der Waals surface area contributed by atoms with E-state index in [-0.39, 0.29) is 5.41 Å². The van der Waals surface area contributed by atoms with Crippen molar-refractivity contribution in [3.05, 3.63) is 30.2 Å². The molecule has 2 N–H and O–H groups in total. The molecule has 0 aromatic carbocycles. The summed E-state index contributed by atoms with van der Waals surface area (Å²) in [5.41, 5.74) is 6.79. The Morgan fingerprint density at radius 3 is 2.93 bits per heavy atom. The van der Waals surface area contributed by atoms with E-state index in [9.17, 15) is 0 Å². The van der Waals surface area contributed by atoms with Crippen molar-refractivity contribution in [1.82, 2.24) is 14.6 Å². The Morgan fingerprint density at radius 1 is 1.36 bits per heavy atom. The van der Waals surface area contributed by atoms with Crippen LogP contribution in [0.5, 0.6) is 0 Å². The van der Waals surface area contributed by atoms with Gasteiger partial charge in [0.1, 0.15) is 5.82 Å². The maximum atomic E-state index is 5.77. The molecule has 0 spiro atoms. The van der Waals surface area contributed by atoms with Crippen molar-refractivity contribution < 1.29 is 0 Å². The molecule has 3 rings (SSSR count). The number of hydrogen-bond donors (Lipinski definition) is 1. The fourth-order valence-electron chi connectivity index (χ4n) is 1.87. The van der Waals surface area contributed by atoms with Crippen molar-refractivity contribution in [2.45, 2.75) is 18.3 Å². The Morgan fingerprint density at radius 2 is 2.21 bits per heavy atom. The van der Waals surface area contributed by atoms with Crippen LogP contribution in [0.1, 0.15) is 18.7 Å². The van der Waals surface area contributed by atoms with Gasteiger partial charge in [-0.2, -0.15) is 0 Å². The van der Waals surface area contributed by atoms with Gasteiger partial charge in [-0.3, -0.25) is 4.40 Å². The number of rotatable bonds is 2. The van der Waals surface area contributed by atoms with E-state index in [0.29, 0.717) is 6.54 Å². The zero-order valence-electron chi connectivity index (χ0n) is 7.85. The molecule has 14 heavy (non-hydrogen) atoms. The van der Waals surface area contributed by atoms with Crippen molar-refractivity contribution in [1.29, 1.82) is 0 Å². The van der Waals surface area contributed by atoms with Gasteiger partial charge in [-0.05, 0) is 25.0 Å². The molecule has 2 heterocycles. The molecule has 1 aliphatic carbocycles. The molecule has 1 fully saturated rings. The van der Waals surface area contributed by atoms with Crippen molar-refractivity contribution in [2.24, 2.45) is 5.73 Å². The summed E-state index contributed by atoms with van der Waals surface area (Å²) in [5.74, 6) is 1.02. The Balaban J connectivity index is 2.22. The third kappa shape index (κ3) is 0.915. The fraction of sp³-hybridized carbons (Fsp3) is 0.400. The zero-order chi connectivity index (χ0) is 9.60. The first kappa shape index (κ1) is 7.94. The third-order valence-electron chi connectivity index (χ3n) is 3.03. The number of fused-ring (bicyclic) bond motifs is 1. The van der Waals surface area contributed by atoms with Crippen molar-refractivity contribution in [3.63, 3.8) is 0 Å². The summed E-state index contributed by atoms with van der Waals surface area (Å²) in [7, 11) is 0. The second kappa shape index (κ2) is 2.54. The van der Waals surface area contributed by atoms with E-state index in [0.717, 1.165) is 24.3 Å². The van der Waals surface area contributed by atoms with Crippen LogP contribution in [0, 0.1) is 0 Å². The lowest BCUT2D eigenvalue weighted by molar-refractivity contribution is 0.639. The van der Waals surface area contributed by atoms with Crippen LogP contribution < -0.4 is 5.73 Å². The number of pyridine rings is 1. The van der Waals surface area contributed by atoms with Crippen LogP contribution in [-0.2, 0) is 5.41 Å². The molecule has 0 aliphatic heterocycles. The first-order chi connectivity index (χ1) is 6.86. The summed E-state index contributed by atoms with van der Waals surface area (Å²) in [6, 6.07) is 5.92. The van der Waals surface area contributed by atoms with Crippen LogP contribution in [0.3, 0.4) is 0 Å². The van der Waals surface area contributed by atoms with E-state index in [1.807, 2.05) is 28.8 Å². The van der Waals surface area contributed by atoms with Gasteiger partial charge in [-0.15, -0.1) is 10.2 Å². The lowest BCUT2D eigenvalue weighted by Crippen LogP contribution is -2.22. The van der Waals surface area contributed by atoms with Crippen LogP contribution in [0.25, 0.3) is 5.65 Å². The normalized spacial score (nSPS) is 18.6. The van der Waals surface area contributed by atoms with Crippen LogP contribution >= 0.6 is 0 Å². The summed E-state index contributed by atoms with van der Waals surface area (Å²) >= 11 is 0. The maximum Gasteiger partial charge on any atom is 0.160 e. The molecule has 2 aromatic heterocycles. The average Bonchev–Trinajstić information content (AvgIpc) is 2.91. The zero-order valence-corrected chi connectivity index (χ0v) is 7.85. The number of aromatic nitrogens is 3. The van der Waals surface area contributed by atoms with Crippen molar-refractivity contribution >= 4 is 5.65 Å². The molecular formula is C10H12N4. The highest BCUT2D eigenvalue weighted by atomic mass is 15.3. The highest BCUT2D eigenvalue weighted by Crippen LogP contribution is 2.46. The van der Waals surface area contributed by atoms with Gasteiger partial charge in [-0.1, -0.05) is 6.07 Å². The number of hydrogen-bond acceptors (Lipinski definition) is 3. The fourth-order valence-corrected chi connectivity index (χ4v) is 1.87. The quantitative estimate of drug-likeness (QED) is 0.755. The summed E-state index contributed by atoms with van der Waals surface area (Å²) in [4.78, 5) is 0. The maximum absolute atomic E-state index is 5.77. The highest BCUT2D eigenvalue weighted by Gasteiger charge is 2.46. The second-order valence-electron chi connectivity index (χ2n) is 3.94. The predicted octanol–water partition coefficient (Wildman–Crippen LogP) is 0.720. The average molecular weight is 188 g/mol. The summed E-state index contributed by atoms with van der Waals surface area (Å²) in [6.07, 6.45) is 4.28. The molecule has 2 aromatic rings. The highest BCUT2D eigenvalue weighted by molar-refractivity contribution is 5.39. The molecule has 0 atom stereocenters. The number of nitrogens with two attached hydrogens (primary N) is 1. The van der Waals surface area contributed by atoms with Crippen molar-refractivity contribution in [2.75, 3.05) is 6.54 Å². The van der Waals surface area contributed by atoms with Gasteiger partial charge in [-0.25, -0.2) is 0 Å². The summed E-state index contributed by atoms with van der Waals surface area (Å²) in [6.45, 7) is 0.669. The predicted molar refractivity (Wildman–Crippen MR) is 53.0 cm³/mol. The van der Waals surface area contributed by atoms with Gasteiger partial charge in [0.15, 0.2) is 5.65 Å². The summed E-state index contributed by atoms with van der Waals surface area (Å²) < 4.78 is 2.04. The Bertz CT molecular complexity index is 470. The third-order valence-corrected chi connectivity index (χ3v) is 3.03. The lowest BCUT2D eigenvalue weighted by atomic mass is 10.1. The largest absolute Gasteiger partial charge is 0.329 e. The Hall–Kier alpha value is -1.42. The van der Waals surface area contributed by atoms with Gasteiger partial charge in [0.25, 0.3) is 0 Å². The second-order valence-corrected chi connectivity index (χ2v) is 3.94. The summed E-state index contributed by atoms with van der Waals surface area (Å²) in [5, 5.41) is 8.36. The van der Waals surface area contributed by atoms with Gasteiger partial charge >= 0.3 is 0 Å². The monoisotopic (exact) mass is 188 g/mol. The molecule has 0 radical (unpaired) electrons. The molecule has 4 heteroatoms.